The Morgan fingerprint density at radius 2 is 1.88 bits per heavy atom. The van der Waals surface area contributed by atoms with Gasteiger partial charge in [0.1, 0.15) is 0 Å². The van der Waals surface area contributed by atoms with Crippen LogP contribution in [-0.2, 0) is 11.3 Å². The van der Waals surface area contributed by atoms with Gasteiger partial charge in [0, 0.05) is 13.1 Å². The second-order valence-electron chi connectivity index (χ2n) is 5.85. The summed E-state index contributed by atoms with van der Waals surface area (Å²) in [6, 6.07) is 0.570. The molecule has 1 aromatic heterocycles. The van der Waals surface area contributed by atoms with Gasteiger partial charge in [-0.05, 0) is 19.9 Å². The Morgan fingerprint density at radius 3 is 2.54 bits per heavy atom. The van der Waals surface area contributed by atoms with Crippen LogP contribution in [0.25, 0.3) is 11.5 Å². The smallest absolute Gasteiger partial charge is 0.261 e. The summed E-state index contributed by atoms with van der Waals surface area (Å²) in [6.45, 7) is 5.59. The molecule has 0 saturated carbocycles. The zero-order valence-electron chi connectivity index (χ0n) is 13.1. The van der Waals surface area contributed by atoms with Crippen molar-refractivity contribution in [2.45, 2.75) is 32.6 Å². The third kappa shape index (κ3) is 3.22. The van der Waals surface area contributed by atoms with Gasteiger partial charge in [-0.25, -0.2) is 8.78 Å². The van der Waals surface area contributed by atoms with Crippen molar-refractivity contribution < 1.29 is 27.5 Å². The molecule has 0 bridgehead atoms. The third-order valence-electron chi connectivity index (χ3n) is 3.69. The molecule has 2 aromatic rings. The highest BCUT2D eigenvalue weighted by Gasteiger charge is 2.25. The summed E-state index contributed by atoms with van der Waals surface area (Å²) in [5.41, 5.74) is -0.492. The predicted octanol–water partition coefficient (Wildman–Crippen LogP) is 2.47. The summed E-state index contributed by atoms with van der Waals surface area (Å²) in [7, 11) is 0. The number of halogens is 3. The number of morpholine rings is 1. The van der Waals surface area contributed by atoms with Gasteiger partial charge in [0.25, 0.3) is 5.89 Å². The molecule has 1 aliphatic rings. The van der Waals surface area contributed by atoms with Crippen LogP contribution in [0.15, 0.2) is 10.6 Å². The zero-order chi connectivity index (χ0) is 17.4. The van der Waals surface area contributed by atoms with Gasteiger partial charge < -0.3 is 14.4 Å². The van der Waals surface area contributed by atoms with Crippen LogP contribution in [0.5, 0.6) is 5.75 Å². The fraction of sp³-hybridized carbons (Fsp3) is 0.467. The van der Waals surface area contributed by atoms with Crippen LogP contribution in [0.2, 0.25) is 0 Å². The highest BCUT2D eigenvalue weighted by Crippen LogP contribution is 2.31. The van der Waals surface area contributed by atoms with E-state index in [1.807, 2.05) is 18.7 Å². The molecule has 0 amide bonds. The number of hydrogen-bond acceptors (Lipinski definition) is 6. The summed E-state index contributed by atoms with van der Waals surface area (Å²) in [5.74, 6) is -5.88. The molecule has 9 heteroatoms. The normalized spacial score (nSPS) is 22.0. The van der Waals surface area contributed by atoms with E-state index in [1.54, 1.807) is 0 Å². The Kier molecular flexibility index (Phi) is 4.46. The van der Waals surface area contributed by atoms with Crippen LogP contribution < -0.4 is 0 Å². The van der Waals surface area contributed by atoms with Crippen molar-refractivity contribution in [1.82, 2.24) is 15.0 Å². The summed E-state index contributed by atoms with van der Waals surface area (Å²) in [4.78, 5) is 6.05. The monoisotopic (exact) mass is 343 g/mol. The number of aromatic nitrogens is 2. The van der Waals surface area contributed by atoms with E-state index >= 15 is 0 Å². The van der Waals surface area contributed by atoms with Crippen LogP contribution in [0.3, 0.4) is 0 Å². The first-order chi connectivity index (χ1) is 11.3. The van der Waals surface area contributed by atoms with E-state index in [4.69, 9.17) is 9.26 Å². The number of benzene rings is 1. The van der Waals surface area contributed by atoms with Gasteiger partial charge in [-0.1, -0.05) is 5.16 Å². The van der Waals surface area contributed by atoms with Crippen molar-refractivity contribution in [2.75, 3.05) is 13.1 Å². The highest BCUT2D eigenvalue weighted by atomic mass is 19.2. The molecule has 3 rings (SSSR count). The minimum absolute atomic E-state index is 0.0562. The summed E-state index contributed by atoms with van der Waals surface area (Å²) >= 11 is 0. The molecule has 1 aliphatic heterocycles. The van der Waals surface area contributed by atoms with Crippen LogP contribution >= 0.6 is 0 Å². The third-order valence-corrected chi connectivity index (χ3v) is 3.69. The molecule has 0 aliphatic carbocycles. The maximum absolute atomic E-state index is 13.9. The first-order valence-electron chi connectivity index (χ1n) is 7.42. The lowest BCUT2D eigenvalue weighted by Crippen LogP contribution is -2.44. The lowest BCUT2D eigenvalue weighted by molar-refractivity contribution is -0.0712. The van der Waals surface area contributed by atoms with E-state index in [-0.39, 0.29) is 23.9 Å². The minimum Gasteiger partial charge on any atom is -0.503 e. The second kappa shape index (κ2) is 6.40. The number of nitrogens with zero attached hydrogens (tertiary/aromatic N) is 3. The minimum atomic E-state index is -1.66. The van der Waals surface area contributed by atoms with Gasteiger partial charge in [0.2, 0.25) is 5.82 Å². The average molecular weight is 343 g/mol. The van der Waals surface area contributed by atoms with Crippen molar-refractivity contribution >= 4 is 0 Å². The fourth-order valence-corrected chi connectivity index (χ4v) is 2.79. The van der Waals surface area contributed by atoms with Crippen LogP contribution in [0.4, 0.5) is 13.2 Å². The molecule has 6 nitrogen and oxygen atoms in total. The van der Waals surface area contributed by atoms with E-state index in [0.717, 1.165) is 0 Å². The molecule has 0 spiro atoms. The first-order valence-corrected chi connectivity index (χ1v) is 7.42. The molecule has 24 heavy (non-hydrogen) atoms. The van der Waals surface area contributed by atoms with Crippen LogP contribution in [0.1, 0.15) is 19.7 Å². The van der Waals surface area contributed by atoms with Gasteiger partial charge in [0.05, 0.1) is 24.3 Å². The Hall–Kier alpha value is -2.13. The Morgan fingerprint density at radius 1 is 1.21 bits per heavy atom. The van der Waals surface area contributed by atoms with E-state index in [1.165, 1.54) is 0 Å². The molecule has 2 atom stereocenters. The van der Waals surface area contributed by atoms with Crippen molar-refractivity contribution in [3.8, 4) is 17.2 Å². The second-order valence-corrected chi connectivity index (χ2v) is 5.85. The van der Waals surface area contributed by atoms with Gasteiger partial charge in [-0.3, -0.25) is 4.90 Å². The molecule has 2 heterocycles. The lowest BCUT2D eigenvalue weighted by Gasteiger charge is -2.34. The van der Waals surface area contributed by atoms with E-state index in [0.29, 0.717) is 25.7 Å². The molecule has 1 fully saturated rings. The zero-order valence-corrected chi connectivity index (χ0v) is 13.1. The number of hydrogen-bond donors (Lipinski definition) is 1. The number of aromatic hydroxyl groups is 1. The summed E-state index contributed by atoms with van der Waals surface area (Å²) < 4.78 is 50.9. The first kappa shape index (κ1) is 16.7. The van der Waals surface area contributed by atoms with Gasteiger partial charge in [0.15, 0.2) is 23.2 Å². The SMILES string of the molecule is C[C@@H]1CN(Cc2noc(-c3cc(F)c(F)c(O)c3F)n2)C[C@H](C)O1. The lowest BCUT2D eigenvalue weighted by atomic mass is 10.2. The molecular weight excluding hydrogens is 327 g/mol. The van der Waals surface area contributed by atoms with Crippen molar-refractivity contribution in [1.29, 1.82) is 0 Å². The topological polar surface area (TPSA) is 71.6 Å². The standard InChI is InChI=1S/C15H16F3N3O3/c1-7-4-21(5-8(2)23-7)6-11-19-15(24-20-11)9-3-10(16)13(18)14(22)12(9)17/h3,7-8,22H,4-6H2,1-2H3/t7-,8+. The predicted molar refractivity (Wildman–Crippen MR) is 76.6 cm³/mol. The highest BCUT2D eigenvalue weighted by molar-refractivity contribution is 5.57. The Bertz CT molecular complexity index is 743. The number of phenolic OH excluding ortho intramolecular Hbond substituents is 1. The van der Waals surface area contributed by atoms with Crippen LogP contribution in [-0.4, -0.2) is 45.4 Å². The van der Waals surface area contributed by atoms with Crippen LogP contribution in [0, 0.1) is 17.5 Å². The summed E-state index contributed by atoms with van der Waals surface area (Å²) in [6.07, 6.45) is 0.112. The number of ether oxygens (including phenoxy) is 1. The molecular formula is C15H16F3N3O3. The largest absolute Gasteiger partial charge is 0.503 e. The Balaban J connectivity index is 1.81. The molecule has 130 valence electrons. The van der Waals surface area contributed by atoms with Gasteiger partial charge in [-0.15, -0.1) is 0 Å². The average Bonchev–Trinajstić information content (AvgIpc) is 2.96. The van der Waals surface area contributed by atoms with E-state index < -0.39 is 28.8 Å². The molecule has 1 N–H and O–H groups in total. The van der Waals surface area contributed by atoms with Gasteiger partial charge in [-0.2, -0.15) is 9.37 Å². The Labute approximate surface area is 135 Å². The van der Waals surface area contributed by atoms with Gasteiger partial charge >= 0.3 is 0 Å². The molecule has 0 radical (unpaired) electrons. The number of rotatable bonds is 3. The van der Waals surface area contributed by atoms with Crippen molar-refractivity contribution in [3.63, 3.8) is 0 Å². The molecule has 1 saturated heterocycles. The number of phenols is 1. The maximum Gasteiger partial charge on any atom is 0.261 e. The maximum atomic E-state index is 13.9. The quantitative estimate of drug-likeness (QED) is 0.864. The van der Waals surface area contributed by atoms with E-state index in [2.05, 4.69) is 10.1 Å². The fourth-order valence-electron chi connectivity index (χ4n) is 2.79. The van der Waals surface area contributed by atoms with E-state index in [9.17, 15) is 18.3 Å². The molecule has 0 unspecified atom stereocenters. The molecule has 1 aromatic carbocycles. The van der Waals surface area contributed by atoms with Crippen molar-refractivity contribution in [3.05, 3.63) is 29.3 Å². The summed E-state index contributed by atoms with van der Waals surface area (Å²) in [5, 5.41) is 13.0. The van der Waals surface area contributed by atoms with Crippen molar-refractivity contribution in [2.24, 2.45) is 0 Å².